The maximum Gasteiger partial charge on any atom is 0.165 e. The van der Waals surface area contributed by atoms with Crippen LogP contribution < -0.4 is 10.5 Å². The molecule has 3 N–H and O–H groups in total. The Hall–Kier alpha value is -1.78. The number of ether oxygens (including phenoxy) is 1. The summed E-state index contributed by atoms with van der Waals surface area (Å²) >= 11 is 0. The number of amidine groups is 1. The zero-order valence-corrected chi connectivity index (χ0v) is 11.6. The van der Waals surface area contributed by atoms with Crippen LogP contribution in [0.1, 0.15) is 32.3 Å². The van der Waals surface area contributed by atoms with Crippen LogP contribution in [-0.4, -0.2) is 17.6 Å². The zero-order valence-electron chi connectivity index (χ0n) is 11.6. The second kappa shape index (κ2) is 6.41. The van der Waals surface area contributed by atoms with Crippen LogP contribution in [0.25, 0.3) is 0 Å². The third-order valence-corrected chi connectivity index (χ3v) is 3.09. The van der Waals surface area contributed by atoms with Crippen LogP contribution in [0, 0.1) is 18.2 Å². The molecule has 0 saturated heterocycles. The molecule has 106 valence electrons. The molecule has 4 nitrogen and oxygen atoms in total. The van der Waals surface area contributed by atoms with Gasteiger partial charge in [0.15, 0.2) is 11.6 Å². The number of nitrogens with zero attached hydrogens (tertiary/aromatic N) is 1. The summed E-state index contributed by atoms with van der Waals surface area (Å²) in [6, 6.07) is 4.76. The molecule has 0 aliphatic rings. The molecule has 1 rings (SSSR count). The highest BCUT2D eigenvalue weighted by atomic mass is 19.1. The molecular weight excluding hydrogens is 247 g/mol. The topological polar surface area (TPSA) is 67.8 Å². The van der Waals surface area contributed by atoms with Crippen molar-refractivity contribution in [3.8, 4) is 5.75 Å². The number of oxime groups is 1. The summed E-state index contributed by atoms with van der Waals surface area (Å²) in [4.78, 5) is 0. The Labute approximate surface area is 113 Å². The minimum Gasteiger partial charge on any atom is -0.491 e. The van der Waals surface area contributed by atoms with Gasteiger partial charge in [-0.2, -0.15) is 0 Å². The van der Waals surface area contributed by atoms with E-state index in [0.29, 0.717) is 19.4 Å². The van der Waals surface area contributed by atoms with E-state index in [1.54, 1.807) is 12.1 Å². The first-order valence-corrected chi connectivity index (χ1v) is 6.24. The van der Waals surface area contributed by atoms with Crippen molar-refractivity contribution < 1.29 is 14.3 Å². The van der Waals surface area contributed by atoms with Gasteiger partial charge in [0.25, 0.3) is 0 Å². The van der Waals surface area contributed by atoms with Gasteiger partial charge in [0.2, 0.25) is 0 Å². The van der Waals surface area contributed by atoms with E-state index < -0.39 is 5.41 Å². The highest BCUT2D eigenvalue weighted by Gasteiger charge is 2.22. The molecule has 0 radical (unpaired) electrons. The second-order valence-electron chi connectivity index (χ2n) is 5.26. The fraction of sp³-hybridized carbons (Fsp3) is 0.500. The summed E-state index contributed by atoms with van der Waals surface area (Å²) in [5.74, 6) is 0.0946. The molecule has 0 spiro atoms. The average Bonchev–Trinajstić information content (AvgIpc) is 2.37. The molecule has 5 heteroatoms. The summed E-state index contributed by atoms with van der Waals surface area (Å²) < 4.78 is 18.8. The zero-order chi connectivity index (χ0) is 14.5. The minimum atomic E-state index is -0.400. The summed E-state index contributed by atoms with van der Waals surface area (Å²) in [6.45, 7) is 6.04. The van der Waals surface area contributed by atoms with Crippen LogP contribution in [0.4, 0.5) is 4.39 Å². The van der Waals surface area contributed by atoms with Crippen LogP contribution in [0.5, 0.6) is 5.75 Å². The largest absolute Gasteiger partial charge is 0.491 e. The number of benzene rings is 1. The molecule has 0 aliphatic carbocycles. The number of hydrogen-bond donors (Lipinski definition) is 2. The van der Waals surface area contributed by atoms with Crippen LogP contribution in [0.15, 0.2) is 23.4 Å². The van der Waals surface area contributed by atoms with E-state index in [4.69, 9.17) is 15.7 Å². The first kappa shape index (κ1) is 15.3. The Bertz CT molecular complexity index is 459. The Balaban J connectivity index is 2.45. The van der Waals surface area contributed by atoms with Crippen molar-refractivity contribution in [1.82, 2.24) is 0 Å². The molecular formula is C14H21FN2O2. The Morgan fingerprint density at radius 3 is 2.79 bits per heavy atom. The van der Waals surface area contributed by atoms with Crippen LogP contribution in [-0.2, 0) is 0 Å². The van der Waals surface area contributed by atoms with Crippen molar-refractivity contribution in [2.45, 2.75) is 33.6 Å². The lowest BCUT2D eigenvalue weighted by Gasteiger charge is -2.22. The monoisotopic (exact) mass is 268 g/mol. The fourth-order valence-electron chi connectivity index (χ4n) is 1.68. The van der Waals surface area contributed by atoms with Gasteiger partial charge in [-0.05, 0) is 37.5 Å². The summed E-state index contributed by atoms with van der Waals surface area (Å²) in [5.41, 5.74) is 6.14. The van der Waals surface area contributed by atoms with Crippen LogP contribution in [0.3, 0.4) is 0 Å². The second-order valence-corrected chi connectivity index (χ2v) is 5.26. The lowest BCUT2D eigenvalue weighted by Crippen LogP contribution is -2.32. The maximum absolute atomic E-state index is 13.4. The molecule has 0 saturated carbocycles. The third kappa shape index (κ3) is 4.43. The molecule has 0 aliphatic heterocycles. The SMILES string of the molecule is Cc1ccc(F)c(OCCCC(C)(C)C(N)=NO)c1. The van der Waals surface area contributed by atoms with E-state index in [0.717, 1.165) is 5.56 Å². The lowest BCUT2D eigenvalue weighted by molar-refractivity contribution is 0.269. The van der Waals surface area contributed by atoms with Gasteiger partial charge in [0.05, 0.1) is 6.61 Å². The Morgan fingerprint density at radius 1 is 1.47 bits per heavy atom. The summed E-state index contributed by atoms with van der Waals surface area (Å²) in [7, 11) is 0. The van der Waals surface area contributed by atoms with Crippen molar-refractivity contribution in [1.29, 1.82) is 0 Å². The number of rotatable bonds is 6. The molecule has 0 unspecified atom stereocenters. The summed E-state index contributed by atoms with van der Waals surface area (Å²) in [5, 5.41) is 11.7. The van der Waals surface area contributed by atoms with Gasteiger partial charge in [-0.3, -0.25) is 0 Å². The standard InChI is InChI=1S/C14H21FN2O2/c1-10-5-6-11(15)12(9-10)19-8-4-7-14(2,3)13(16)17-18/h5-6,9,18H,4,7-8H2,1-3H3,(H2,16,17). The highest BCUT2D eigenvalue weighted by molar-refractivity contribution is 5.85. The average molecular weight is 268 g/mol. The van der Waals surface area contributed by atoms with Gasteiger partial charge in [-0.1, -0.05) is 25.1 Å². The predicted molar refractivity (Wildman–Crippen MR) is 73.1 cm³/mol. The summed E-state index contributed by atoms with van der Waals surface area (Å²) in [6.07, 6.45) is 1.38. The van der Waals surface area contributed by atoms with E-state index >= 15 is 0 Å². The Kier molecular flexibility index (Phi) is 5.15. The molecule has 0 amide bonds. The van der Waals surface area contributed by atoms with E-state index in [1.165, 1.54) is 6.07 Å². The first-order chi connectivity index (χ1) is 8.86. The number of hydrogen-bond acceptors (Lipinski definition) is 3. The van der Waals surface area contributed by atoms with Gasteiger partial charge in [0, 0.05) is 5.41 Å². The number of aryl methyl sites for hydroxylation is 1. The fourth-order valence-corrected chi connectivity index (χ4v) is 1.68. The number of nitrogens with two attached hydrogens (primary N) is 1. The molecule has 19 heavy (non-hydrogen) atoms. The Morgan fingerprint density at radius 2 is 2.16 bits per heavy atom. The van der Waals surface area contributed by atoms with Gasteiger partial charge in [-0.25, -0.2) is 4.39 Å². The molecule has 1 aromatic carbocycles. The van der Waals surface area contributed by atoms with Crippen molar-refractivity contribution in [3.63, 3.8) is 0 Å². The van der Waals surface area contributed by atoms with Crippen molar-refractivity contribution in [2.75, 3.05) is 6.61 Å². The van der Waals surface area contributed by atoms with Crippen molar-refractivity contribution in [3.05, 3.63) is 29.6 Å². The molecule has 1 aromatic rings. The molecule has 0 bridgehead atoms. The van der Waals surface area contributed by atoms with Gasteiger partial charge >= 0.3 is 0 Å². The van der Waals surface area contributed by atoms with Crippen LogP contribution in [0.2, 0.25) is 0 Å². The maximum atomic E-state index is 13.4. The van der Waals surface area contributed by atoms with Crippen molar-refractivity contribution >= 4 is 5.84 Å². The quantitative estimate of drug-likeness (QED) is 0.274. The van der Waals surface area contributed by atoms with Crippen molar-refractivity contribution in [2.24, 2.45) is 16.3 Å². The molecule has 0 atom stereocenters. The lowest BCUT2D eigenvalue weighted by atomic mass is 9.87. The van der Waals surface area contributed by atoms with E-state index in [9.17, 15) is 4.39 Å². The predicted octanol–water partition coefficient (Wildman–Crippen LogP) is 3.07. The smallest absolute Gasteiger partial charge is 0.165 e. The third-order valence-electron chi connectivity index (χ3n) is 3.09. The van der Waals surface area contributed by atoms with Gasteiger partial charge in [-0.15, -0.1) is 0 Å². The van der Waals surface area contributed by atoms with E-state index in [-0.39, 0.29) is 17.4 Å². The normalized spacial score (nSPS) is 12.5. The molecule has 0 aromatic heterocycles. The highest BCUT2D eigenvalue weighted by Crippen LogP contribution is 2.23. The molecule has 0 heterocycles. The molecule has 0 fully saturated rings. The van der Waals surface area contributed by atoms with Gasteiger partial charge < -0.3 is 15.7 Å². The van der Waals surface area contributed by atoms with E-state index in [1.807, 2.05) is 20.8 Å². The van der Waals surface area contributed by atoms with Crippen LogP contribution >= 0.6 is 0 Å². The van der Waals surface area contributed by atoms with E-state index in [2.05, 4.69) is 5.16 Å². The minimum absolute atomic E-state index is 0.189. The number of halogens is 1. The first-order valence-electron chi connectivity index (χ1n) is 6.24. The van der Waals surface area contributed by atoms with Gasteiger partial charge in [0.1, 0.15) is 5.84 Å².